The normalized spacial score (nSPS) is 12.1. The summed E-state index contributed by atoms with van der Waals surface area (Å²) in [5.74, 6) is 0.991. The van der Waals surface area contributed by atoms with E-state index in [2.05, 4.69) is 36.7 Å². The molecule has 2 heterocycles. The van der Waals surface area contributed by atoms with Crippen molar-refractivity contribution in [3.8, 4) is 23.6 Å². The number of terminal acetylenes is 1. The minimum absolute atomic E-state index is 0.0173. The maximum atomic E-state index is 13.4. The first kappa shape index (κ1) is 28.7. The molecule has 1 aromatic carbocycles. The molecule has 0 aliphatic carbocycles. The zero-order valence-electron chi connectivity index (χ0n) is 20.2. The largest absolute Gasteiger partial charge is 0.435 e. The summed E-state index contributed by atoms with van der Waals surface area (Å²) >= 11 is 6.24. The standard InChI is InChI=1S/C24H25ClF3N7O3/c1-3-4-17-19(20(35-34-17)24(26,27)28)18-11-31-21(33-18)23(37)32-10-14-5-6-15(16(25)9-14)22(36)30-7-8-38-12-13(2)29/h1,5-6,9,11,13H,4,7-8,10,12,29H2,2H3,(H,30,36)(H,31,33)(H,32,37)(H,34,35)/t13-/m1/s1. The number of H-pyrrole nitrogens is 2. The molecule has 6 N–H and O–H groups in total. The van der Waals surface area contributed by atoms with Crippen LogP contribution >= 0.6 is 11.6 Å². The van der Waals surface area contributed by atoms with Crippen LogP contribution in [-0.4, -0.2) is 57.8 Å². The van der Waals surface area contributed by atoms with Gasteiger partial charge in [0.15, 0.2) is 11.5 Å². The van der Waals surface area contributed by atoms with E-state index in [-0.39, 0.29) is 64.8 Å². The van der Waals surface area contributed by atoms with Crippen LogP contribution in [0.2, 0.25) is 5.02 Å². The van der Waals surface area contributed by atoms with E-state index in [0.29, 0.717) is 18.8 Å². The fraction of sp³-hybridized carbons (Fsp3) is 0.333. The van der Waals surface area contributed by atoms with Crippen molar-refractivity contribution in [2.45, 2.75) is 32.1 Å². The van der Waals surface area contributed by atoms with Crippen molar-refractivity contribution >= 4 is 23.4 Å². The average Bonchev–Trinajstić information content (AvgIpc) is 3.49. The van der Waals surface area contributed by atoms with Gasteiger partial charge in [0.05, 0.1) is 53.4 Å². The number of alkyl halides is 3. The Morgan fingerprint density at radius 1 is 1.29 bits per heavy atom. The number of imidazole rings is 1. The molecule has 2 aromatic heterocycles. The fourth-order valence-electron chi connectivity index (χ4n) is 3.39. The van der Waals surface area contributed by atoms with E-state index in [0.717, 1.165) is 6.20 Å². The van der Waals surface area contributed by atoms with E-state index in [4.69, 9.17) is 28.5 Å². The zero-order chi connectivity index (χ0) is 27.9. The van der Waals surface area contributed by atoms with Gasteiger partial charge >= 0.3 is 6.18 Å². The lowest BCUT2D eigenvalue weighted by molar-refractivity contribution is -0.140. The van der Waals surface area contributed by atoms with Crippen molar-refractivity contribution in [3.05, 3.63) is 57.8 Å². The van der Waals surface area contributed by atoms with E-state index < -0.39 is 17.8 Å². The molecule has 0 fully saturated rings. The maximum absolute atomic E-state index is 13.4. The van der Waals surface area contributed by atoms with Gasteiger partial charge in [-0.2, -0.15) is 18.3 Å². The smallest absolute Gasteiger partial charge is 0.378 e. The van der Waals surface area contributed by atoms with Gasteiger partial charge in [-0.3, -0.25) is 14.7 Å². The van der Waals surface area contributed by atoms with Gasteiger partial charge in [0.25, 0.3) is 11.8 Å². The summed E-state index contributed by atoms with van der Waals surface area (Å²) in [4.78, 5) is 31.4. The zero-order valence-corrected chi connectivity index (χ0v) is 21.0. The third-order valence-corrected chi connectivity index (χ3v) is 5.41. The van der Waals surface area contributed by atoms with Crippen LogP contribution in [0.1, 0.15) is 44.9 Å². The summed E-state index contributed by atoms with van der Waals surface area (Å²) < 4.78 is 45.5. The van der Waals surface area contributed by atoms with Gasteiger partial charge in [-0.1, -0.05) is 17.7 Å². The van der Waals surface area contributed by atoms with Crippen LogP contribution in [0, 0.1) is 12.3 Å². The summed E-state index contributed by atoms with van der Waals surface area (Å²) in [5, 5.41) is 11.1. The van der Waals surface area contributed by atoms with Gasteiger partial charge in [0, 0.05) is 19.1 Å². The number of aromatic nitrogens is 4. The highest BCUT2D eigenvalue weighted by Gasteiger charge is 2.39. The highest BCUT2D eigenvalue weighted by molar-refractivity contribution is 6.33. The molecule has 1 atom stereocenters. The third-order valence-electron chi connectivity index (χ3n) is 5.09. The molecule has 0 aliphatic heterocycles. The number of hydrogen-bond acceptors (Lipinski definition) is 6. The molecule has 0 saturated heterocycles. The number of carbonyl (C=O) groups excluding carboxylic acids is 2. The van der Waals surface area contributed by atoms with Crippen LogP contribution < -0.4 is 16.4 Å². The van der Waals surface area contributed by atoms with Gasteiger partial charge in [-0.25, -0.2) is 4.98 Å². The Labute approximate surface area is 220 Å². The summed E-state index contributed by atoms with van der Waals surface area (Å²) in [7, 11) is 0. The van der Waals surface area contributed by atoms with Crippen molar-refractivity contribution < 1.29 is 27.5 Å². The molecule has 3 aromatic rings. The summed E-state index contributed by atoms with van der Waals surface area (Å²) in [6.45, 7) is 2.77. The molecule has 38 heavy (non-hydrogen) atoms. The molecule has 0 unspecified atom stereocenters. The second-order valence-corrected chi connectivity index (χ2v) is 8.66. The lowest BCUT2D eigenvalue weighted by Gasteiger charge is -2.10. The van der Waals surface area contributed by atoms with Crippen molar-refractivity contribution in [2.75, 3.05) is 19.8 Å². The molecule has 14 heteroatoms. The van der Waals surface area contributed by atoms with Gasteiger partial charge in [0.1, 0.15) is 0 Å². The van der Waals surface area contributed by atoms with E-state index in [1.807, 2.05) is 0 Å². The Morgan fingerprint density at radius 2 is 2.05 bits per heavy atom. The second kappa shape index (κ2) is 12.6. The Hall–Kier alpha value is -3.86. The predicted octanol–water partition coefficient (Wildman–Crippen LogP) is 2.67. The number of aromatic amines is 2. The molecular formula is C24H25ClF3N7O3. The molecule has 2 amide bonds. The number of ether oxygens (including phenoxy) is 1. The third kappa shape index (κ3) is 7.34. The quantitative estimate of drug-likeness (QED) is 0.183. The Bertz CT molecular complexity index is 1330. The highest BCUT2D eigenvalue weighted by atomic mass is 35.5. The first-order valence-corrected chi connectivity index (χ1v) is 11.7. The van der Waals surface area contributed by atoms with Crippen molar-refractivity contribution in [1.29, 1.82) is 0 Å². The number of amides is 2. The minimum Gasteiger partial charge on any atom is -0.378 e. The first-order valence-electron chi connectivity index (χ1n) is 11.3. The van der Waals surface area contributed by atoms with Crippen LogP contribution in [0.4, 0.5) is 13.2 Å². The highest BCUT2D eigenvalue weighted by Crippen LogP contribution is 2.37. The van der Waals surface area contributed by atoms with Crippen molar-refractivity contribution in [2.24, 2.45) is 5.73 Å². The summed E-state index contributed by atoms with van der Waals surface area (Å²) in [6, 6.07) is 4.53. The number of rotatable bonds is 11. The lowest BCUT2D eigenvalue weighted by atomic mass is 10.1. The number of halogens is 4. The fourth-order valence-corrected chi connectivity index (χ4v) is 3.68. The molecule has 0 spiro atoms. The van der Waals surface area contributed by atoms with Crippen LogP contribution in [-0.2, 0) is 23.9 Å². The lowest BCUT2D eigenvalue weighted by Crippen LogP contribution is -2.29. The molecule has 202 valence electrons. The number of nitrogens with zero attached hydrogens (tertiary/aromatic N) is 2. The van der Waals surface area contributed by atoms with Gasteiger partial charge in [-0.05, 0) is 24.6 Å². The monoisotopic (exact) mass is 551 g/mol. The molecule has 0 bridgehead atoms. The van der Waals surface area contributed by atoms with E-state index in [1.165, 1.54) is 12.1 Å². The van der Waals surface area contributed by atoms with Crippen LogP contribution in [0.25, 0.3) is 11.3 Å². The average molecular weight is 552 g/mol. The summed E-state index contributed by atoms with van der Waals surface area (Å²) in [5.41, 5.74) is 4.93. The van der Waals surface area contributed by atoms with Crippen LogP contribution in [0.15, 0.2) is 24.4 Å². The number of carbonyl (C=O) groups is 2. The maximum Gasteiger partial charge on any atom is 0.435 e. The Morgan fingerprint density at radius 3 is 2.71 bits per heavy atom. The van der Waals surface area contributed by atoms with E-state index >= 15 is 0 Å². The second-order valence-electron chi connectivity index (χ2n) is 8.25. The number of hydrogen-bond donors (Lipinski definition) is 5. The Balaban J connectivity index is 1.62. The first-order chi connectivity index (χ1) is 18.0. The number of benzene rings is 1. The molecular weight excluding hydrogens is 527 g/mol. The predicted molar refractivity (Wildman–Crippen MR) is 133 cm³/mol. The topological polar surface area (TPSA) is 151 Å². The van der Waals surface area contributed by atoms with Gasteiger partial charge in [-0.15, -0.1) is 12.3 Å². The molecule has 0 saturated carbocycles. The minimum atomic E-state index is -4.74. The number of nitrogens with one attached hydrogen (secondary N) is 4. The molecule has 0 aliphatic rings. The van der Waals surface area contributed by atoms with Crippen LogP contribution in [0.3, 0.4) is 0 Å². The molecule has 3 rings (SSSR count). The van der Waals surface area contributed by atoms with Crippen molar-refractivity contribution in [3.63, 3.8) is 0 Å². The van der Waals surface area contributed by atoms with E-state index in [9.17, 15) is 22.8 Å². The number of nitrogens with two attached hydrogens (primary N) is 1. The van der Waals surface area contributed by atoms with E-state index in [1.54, 1.807) is 13.0 Å². The molecule has 0 radical (unpaired) electrons. The molecule has 10 nitrogen and oxygen atoms in total. The van der Waals surface area contributed by atoms with Crippen LogP contribution in [0.5, 0.6) is 0 Å². The SMILES string of the molecule is C#CCc1[nH]nc(C(F)(F)F)c1-c1cnc(C(=O)NCc2ccc(C(=O)NCCOC[C@@H](C)N)c(Cl)c2)[nH]1. The van der Waals surface area contributed by atoms with Gasteiger partial charge in [0.2, 0.25) is 0 Å². The Kier molecular flexibility index (Phi) is 9.51. The summed E-state index contributed by atoms with van der Waals surface area (Å²) in [6.07, 6.45) is 1.47. The van der Waals surface area contributed by atoms with Crippen molar-refractivity contribution in [1.82, 2.24) is 30.8 Å². The van der Waals surface area contributed by atoms with Gasteiger partial charge < -0.3 is 26.1 Å².